The first kappa shape index (κ1) is 15.9. The van der Waals surface area contributed by atoms with Gasteiger partial charge >= 0.3 is 0 Å². The average Bonchev–Trinajstić information content (AvgIpc) is 3.09. The van der Waals surface area contributed by atoms with Crippen LogP contribution in [0.4, 0.5) is 5.95 Å². The van der Waals surface area contributed by atoms with Crippen molar-refractivity contribution in [3.8, 4) is 0 Å². The number of hydrogen-bond donors (Lipinski definition) is 1. The molecule has 2 aromatic rings. The van der Waals surface area contributed by atoms with Crippen molar-refractivity contribution >= 4 is 23.2 Å². The SMILES string of the molecule is CN(C[C@]1(O)CCCN(c2ncccn2)C1)C(=O)c1cccs1. The van der Waals surface area contributed by atoms with Crippen molar-refractivity contribution in [3.05, 3.63) is 40.8 Å². The quantitative estimate of drug-likeness (QED) is 0.922. The van der Waals surface area contributed by atoms with Gasteiger partial charge in [0.15, 0.2) is 0 Å². The summed E-state index contributed by atoms with van der Waals surface area (Å²) in [6, 6.07) is 5.43. The molecule has 6 nitrogen and oxygen atoms in total. The molecule has 23 heavy (non-hydrogen) atoms. The van der Waals surface area contributed by atoms with Gasteiger partial charge in [0.25, 0.3) is 5.91 Å². The molecule has 0 unspecified atom stereocenters. The summed E-state index contributed by atoms with van der Waals surface area (Å²) < 4.78 is 0. The third kappa shape index (κ3) is 3.68. The molecule has 0 bridgehead atoms. The van der Waals surface area contributed by atoms with Crippen LogP contribution in [0.2, 0.25) is 0 Å². The fourth-order valence-corrected chi connectivity index (χ4v) is 3.69. The second-order valence-corrected chi connectivity index (χ2v) is 6.88. The first-order chi connectivity index (χ1) is 11.1. The minimum Gasteiger partial charge on any atom is -0.386 e. The number of piperidine rings is 1. The Labute approximate surface area is 139 Å². The normalized spacial score (nSPS) is 21.2. The lowest BCUT2D eigenvalue weighted by molar-refractivity contribution is -0.000173. The molecular formula is C16H20N4O2S. The summed E-state index contributed by atoms with van der Waals surface area (Å²) in [7, 11) is 1.73. The molecule has 3 rings (SSSR count). The zero-order chi connectivity index (χ0) is 16.3. The third-order valence-corrected chi connectivity index (χ3v) is 4.86. The summed E-state index contributed by atoms with van der Waals surface area (Å²) in [6.45, 7) is 1.54. The molecule has 0 aromatic carbocycles. The second-order valence-electron chi connectivity index (χ2n) is 5.94. The molecule has 1 aliphatic rings. The number of β-amino-alcohol motifs (C(OH)–C–C–N with tert-alkyl or cyclic N) is 1. The Morgan fingerprint density at radius 3 is 2.91 bits per heavy atom. The molecule has 1 atom stereocenters. The van der Waals surface area contributed by atoms with Crippen LogP contribution < -0.4 is 4.90 Å². The van der Waals surface area contributed by atoms with Gasteiger partial charge in [-0.1, -0.05) is 6.07 Å². The lowest BCUT2D eigenvalue weighted by Crippen LogP contribution is -2.55. The van der Waals surface area contributed by atoms with E-state index < -0.39 is 5.60 Å². The maximum absolute atomic E-state index is 12.4. The lowest BCUT2D eigenvalue weighted by Gasteiger charge is -2.41. The lowest BCUT2D eigenvalue weighted by atomic mass is 9.92. The zero-order valence-electron chi connectivity index (χ0n) is 13.1. The molecule has 122 valence electrons. The van der Waals surface area contributed by atoms with Gasteiger partial charge in [0.2, 0.25) is 5.95 Å². The number of aromatic nitrogens is 2. The van der Waals surface area contributed by atoms with Crippen LogP contribution >= 0.6 is 11.3 Å². The molecule has 7 heteroatoms. The monoisotopic (exact) mass is 332 g/mol. The highest BCUT2D eigenvalue weighted by Gasteiger charge is 2.36. The Morgan fingerprint density at radius 2 is 2.22 bits per heavy atom. The number of hydrogen-bond acceptors (Lipinski definition) is 6. The summed E-state index contributed by atoms with van der Waals surface area (Å²) in [5.41, 5.74) is -0.945. The molecule has 0 radical (unpaired) electrons. The molecule has 0 saturated carbocycles. The van der Waals surface area contributed by atoms with E-state index in [-0.39, 0.29) is 5.91 Å². The Balaban J connectivity index is 1.67. The summed E-state index contributed by atoms with van der Waals surface area (Å²) >= 11 is 1.41. The number of nitrogens with zero attached hydrogens (tertiary/aromatic N) is 4. The Morgan fingerprint density at radius 1 is 1.43 bits per heavy atom. The summed E-state index contributed by atoms with van der Waals surface area (Å²) in [4.78, 5) is 25.1. The van der Waals surface area contributed by atoms with Crippen molar-refractivity contribution in [2.45, 2.75) is 18.4 Å². The first-order valence-corrected chi connectivity index (χ1v) is 8.49. The van der Waals surface area contributed by atoms with Crippen LogP contribution in [0.3, 0.4) is 0 Å². The van der Waals surface area contributed by atoms with Gasteiger partial charge in [0.05, 0.1) is 23.6 Å². The highest BCUT2D eigenvalue weighted by Crippen LogP contribution is 2.25. The summed E-state index contributed by atoms with van der Waals surface area (Å²) in [5.74, 6) is 0.569. The van der Waals surface area contributed by atoms with Crippen LogP contribution in [0, 0.1) is 0 Å². The number of aliphatic hydroxyl groups is 1. The minimum absolute atomic E-state index is 0.0542. The fourth-order valence-electron chi connectivity index (χ4n) is 2.97. The van der Waals surface area contributed by atoms with Gasteiger partial charge in [-0.2, -0.15) is 0 Å². The largest absolute Gasteiger partial charge is 0.386 e. The molecule has 1 N–H and O–H groups in total. The number of amides is 1. The van der Waals surface area contributed by atoms with Crippen LogP contribution in [0.15, 0.2) is 36.0 Å². The Bertz CT molecular complexity index is 649. The van der Waals surface area contributed by atoms with Crippen LogP contribution in [-0.2, 0) is 0 Å². The summed E-state index contributed by atoms with van der Waals surface area (Å²) in [5, 5.41) is 12.8. The van der Waals surface area contributed by atoms with Gasteiger partial charge < -0.3 is 14.9 Å². The number of anilines is 1. The predicted octanol–water partition coefficient (Wildman–Crippen LogP) is 1.64. The molecule has 1 amide bonds. The van der Waals surface area contributed by atoms with Gasteiger partial charge in [-0.25, -0.2) is 9.97 Å². The topological polar surface area (TPSA) is 69.6 Å². The molecule has 0 spiro atoms. The standard InChI is InChI=1S/C16H20N4O2S/c1-19(14(21)13-5-2-10-23-13)11-16(22)6-3-9-20(12-16)15-17-7-4-8-18-15/h2,4-5,7-8,10,22H,3,6,9,11-12H2,1H3/t16-/m1/s1. The van der Waals surface area contributed by atoms with E-state index in [0.29, 0.717) is 30.3 Å². The van der Waals surface area contributed by atoms with E-state index in [1.165, 1.54) is 11.3 Å². The van der Waals surface area contributed by atoms with Crippen LogP contribution in [0.5, 0.6) is 0 Å². The van der Waals surface area contributed by atoms with E-state index in [1.54, 1.807) is 36.5 Å². The van der Waals surface area contributed by atoms with Crippen molar-refractivity contribution in [1.82, 2.24) is 14.9 Å². The second kappa shape index (κ2) is 6.64. The van der Waals surface area contributed by atoms with Crippen molar-refractivity contribution in [3.63, 3.8) is 0 Å². The molecule has 1 saturated heterocycles. The Hall–Kier alpha value is -1.99. The average molecular weight is 332 g/mol. The molecule has 3 heterocycles. The fraction of sp³-hybridized carbons (Fsp3) is 0.438. The molecule has 2 aromatic heterocycles. The smallest absolute Gasteiger partial charge is 0.263 e. The van der Waals surface area contributed by atoms with Crippen LogP contribution in [0.25, 0.3) is 0 Å². The summed E-state index contributed by atoms with van der Waals surface area (Å²) in [6.07, 6.45) is 4.90. The Kier molecular flexibility index (Phi) is 4.58. The highest BCUT2D eigenvalue weighted by molar-refractivity contribution is 7.12. The van der Waals surface area contributed by atoms with E-state index in [9.17, 15) is 9.90 Å². The molecule has 0 aliphatic carbocycles. The van der Waals surface area contributed by atoms with Gasteiger partial charge in [-0.15, -0.1) is 11.3 Å². The number of likely N-dealkylation sites (N-methyl/N-ethyl adjacent to an activating group) is 1. The van der Waals surface area contributed by atoms with Gasteiger partial charge in [-0.3, -0.25) is 4.79 Å². The molecular weight excluding hydrogens is 312 g/mol. The minimum atomic E-state index is -0.945. The first-order valence-electron chi connectivity index (χ1n) is 7.61. The number of thiophene rings is 1. The van der Waals surface area contributed by atoms with Gasteiger partial charge in [0, 0.05) is 26.0 Å². The number of rotatable bonds is 4. The van der Waals surface area contributed by atoms with Crippen molar-refractivity contribution in [2.75, 3.05) is 31.6 Å². The maximum atomic E-state index is 12.4. The third-order valence-electron chi connectivity index (χ3n) is 4.00. The molecule has 1 fully saturated rings. The van der Waals surface area contributed by atoms with E-state index >= 15 is 0 Å². The van der Waals surface area contributed by atoms with Gasteiger partial charge in [0.1, 0.15) is 0 Å². The molecule has 1 aliphatic heterocycles. The van der Waals surface area contributed by atoms with E-state index in [0.717, 1.165) is 13.0 Å². The van der Waals surface area contributed by atoms with Crippen molar-refractivity contribution in [1.29, 1.82) is 0 Å². The van der Waals surface area contributed by atoms with Gasteiger partial charge in [-0.05, 0) is 30.4 Å². The van der Waals surface area contributed by atoms with E-state index in [2.05, 4.69) is 9.97 Å². The number of carbonyl (C=O) groups excluding carboxylic acids is 1. The number of carbonyl (C=O) groups is 1. The van der Waals surface area contributed by atoms with E-state index in [1.807, 2.05) is 16.3 Å². The highest BCUT2D eigenvalue weighted by atomic mass is 32.1. The zero-order valence-corrected chi connectivity index (χ0v) is 13.9. The van der Waals surface area contributed by atoms with Crippen molar-refractivity contribution < 1.29 is 9.90 Å². The van der Waals surface area contributed by atoms with E-state index in [4.69, 9.17) is 0 Å². The van der Waals surface area contributed by atoms with Crippen LogP contribution in [0.1, 0.15) is 22.5 Å². The van der Waals surface area contributed by atoms with Crippen molar-refractivity contribution in [2.24, 2.45) is 0 Å². The predicted molar refractivity (Wildman–Crippen MR) is 89.7 cm³/mol. The van der Waals surface area contributed by atoms with Crippen LogP contribution in [-0.4, -0.2) is 58.2 Å². The maximum Gasteiger partial charge on any atom is 0.263 e.